The van der Waals surface area contributed by atoms with Crippen molar-refractivity contribution in [3.8, 4) is 5.75 Å². The Morgan fingerprint density at radius 1 is 1.14 bits per heavy atom. The molecule has 0 saturated heterocycles. The summed E-state index contributed by atoms with van der Waals surface area (Å²) in [6.07, 6.45) is 0. The summed E-state index contributed by atoms with van der Waals surface area (Å²) in [4.78, 5) is 12.4. The van der Waals surface area contributed by atoms with Crippen LogP contribution in [0, 0.1) is 3.57 Å². The molecule has 0 radical (unpaired) electrons. The molecule has 2 rings (SSSR count). The minimum atomic E-state index is -0.186. The van der Waals surface area contributed by atoms with E-state index < -0.39 is 0 Å². The van der Waals surface area contributed by atoms with E-state index in [1.165, 1.54) is 0 Å². The zero-order chi connectivity index (χ0) is 15.8. The van der Waals surface area contributed by atoms with E-state index in [-0.39, 0.29) is 5.91 Å². The summed E-state index contributed by atoms with van der Waals surface area (Å²) < 4.78 is 11.9. The number of benzene rings is 2. The molecule has 22 heavy (non-hydrogen) atoms. The number of carbonyl (C=O) groups is 1. The summed E-state index contributed by atoms with van der Waals surface area (Å²) in [7, 11) is 0. The van der Waals surface area contributed by atoms with Crippen LogP contribution in [-0.4, -0.2) is 25.7 Å². The third-order valence-corrected chi connectivity index (χ3v) is 3.57. The second-order valence-electron chi connectivity index (χ2n) is 4.51. The zero-order valence-electron chi connectivity index (χ0n) is 12.3. The Morgan fingerprint density at radius 3 is 2.73 bits per heavy atom. The Balaban J connectivity index is 2.05. The van der Waals surface area contributed by atoms with Gasteiger partial charge in [-0.15, -0.1) is 0 Å². The molecule has 116 valence electrons. The lowest BCUT2D eigenvalue weighted by molar-refractivity contribution is 0.0998. The van der Waals surface area contributed by atoms with E-state index in [0.29, 0.717) is 31.1 Å². The molecule has 4 nitrogen and oxygen atoms in total. The molecular formula is C17H18INO3. The van der Waals surface area contributed by atoms with Gasteiger partial charge in [0.15, 0.2) is 0 Å². The molecule has 1 amide bonds. The molecular weight excluding hydrogens is 393 g/mol. The molecule has 1 N–H and O–H groups in total. The quantitative estimate of drug-likeness (QED) is 0.555. The number of hydrogen-bond acceptors (Lipinski definition) is 3. The lowest BCUT2D eigenvalue weighted by Gasteiger charge is -2.12. The maximum Gasteiger partial charge on any atom is 0.259 e. The van der Waals surface area contributed by atoms with Gasteiger partial charge in [0.05, 0.1) is 12.2 Å². The van der Waals surface area contributed by atoms with E-state index in [2.05, 4.69) is 27.9 Å². The van der Waals surface area contributed by atoms with Gasteiger partial charge in [-0.1, -0.05) is 18.2 Å². The van der Waals surface area contributed by atoms with Gasteiger partial charge in [-0.2, -0.15) is 0 Å². The highest BCUT2D eigenvalue weighted by Gasteiger charge is 2.12. The molecule has 0 heterocycles. The lowest BCUT2D eigenvalue weighted by Crippen LogP contribution is -2.15. The Labute approximate surface area is 144 Å². The second kappa shape index (κ2) is 8.75. The number of amides is 1. The third kappa shape index (κ3) is 4.99. The van der Waals surface area contributed by atoms with Gasteiger partial charge in [0, 0.05) is 15.9 Å². The Bertz CT molecular complexity index is 631. The molecule has 5 heteroatoms. The van der Waals surface area contributed by atoms with Gasteiger partial charge < -0.3 is 14.8 Å². The molecule has 0 atom stereocenters. The van der Waals surface area contributed by atoms with Crippen LogP contribution in [0.15, 0.2) is 48.5 Å². The van der Waals surface area contributed by atoms with Gasteiger partial charge in [0.1, 0.15) is 12.4 Å². The number of ether oxygens (including phenoxy) is 2. The molecule has 0 spiro atoms. The van der Waals surface area contributed by atoms with Gasteiger partial charge in [-0.25, -0.2) is 0 Å². The van der Waals surface area contributed by atoms with Crippen LogP contribution in [0.2, 0.25) is 0 Å². The van der Waals surface area contributed by atoms with Crippen molar-refractivity contribution in [2.24, 2.45) is 0 Å². The van der Waals surface area contributed by atoms with Crippen LogP contribution in [-0.2, 0) is 4.74 Å². The highest BCUT2D eigenvalue weighted by Crippen LogP contribution is 2.20. The lowest BCUT2D eigenvalue weighted by atomic mass is 10.2. The van der Waals surface area contributed by atoms with E-state index >= 15 is 0 Å². The maximum absolute atomic E-state index is 12.4. The van der Waals surface area contributed by atoms with Gasteiger partial charge in [0.25, 0.3) is 5.91 Å². The molecule has 0 aromatic heterocycles. The number of carbonyl (C=O) groups excluding carboxylic acids is 1. The standard InChI is InChI=1S/C17H18INO3/c1-2-21-10-11-22-16-9-4-3-8-15(16)17(20)19-14-7-5-6-13(18)12-14/h3-9,12H,2,10-11H2,1H3,(H,19,20). The van der Waals surface area contributed by atoms with Crippen molar-refractivity contribution in [1.82, 2.24) is 0 Å². The number of rotatable bonds is 7. The average molecular weight is 411 g/mol. The van der Waals surface area contributed by atoms with Crippen molar-refractivity contribution in [3.63, 3.8) is 0 Å². The van der Waals surface area contributed by atoms with Crippen LogP contribution in [0.4, 0.5) is 5.69 Å². The fourth-order valence-corrected chi connectivity index (χ4v) is 2.44. The first-order valence-corrected chi connectivity index (χ1v) is 8.15. The van der Waals surface area contributed by atoms with Gasteiger partial charge in [0.2, 0.25) is 0 Å². The predicted molar refractivity (Wildman–Crippen MR) is 95.5 cm³/mol. The minimum absolute atomic E-state index is 0.186. The highest BCUT2D eigenvalue weighted by atomic mass is 127. The molecule has 0 aliphatic heterocycles. The summed E-state index contributed by atoms with van der Waals surface area (Å²) in [5.74, 6) is 0.374. The highest BCUT2D eigenvalue weighted by molar-refractivity contribution is 14.1. The second-order valence-corrected chi connectivity index (χ2v) is 5.75. The number of nitrogens with one attached hydrogen (secondary N) is 1. The summed E-state index contributed by atoms with van der Waals surface area (Å²) in [6.45, 7) is 3.51. The molecule has 0 aliphatic rings. The molecule has 0 unspecified atom stereocenters. The van der Waals surface area contributed by atoms with Gasteiger partial charge in [-0.05, 0) is 59.8 Å². The van der Waals surface area contributed by atoms with Crippen LogP contribution in [0.1, 0.15) is 17.3 Å². The van der Waals surface area contributed by atoms with Crippen molar-refractivity contribution < 1.29 is 14.3 Å². The van der Waals surface area contributed by atoms with Crippen molar-refractivity contribution in [3.05, 3.63) is 57.7 Å². The number of halogens is 1. The van der Waals surface area contributed by atoms with Crippen molar-refractivity contribution in [2.75, 3.05) is 25.1 Å². The molecule has 2 aromatic rings. The molecule has 0 bridgehead atoms. The van der Waals surface area contributed by atoms with Crippen molar-refractivity contribution in [2.45, 2.75) is 6.92 Å². The van der Waals surface area contributed by atoms with Gasteiger partial charge in [-0.3, -0.25) is 4.79 Å². The Kier molecular flexibility index (Phi) is 6.67. The van der Waals surface area contributed by atoms with E-state index in [9.17, 15) is 4.79 Å². The van der Waals surface area contributed by atoms with Crippen LogP contribution < -0.4 is 10.1 Å². The first kappa shape index (κ1) is 16.8. The van der Waals surface area contributed by atoms with E-state index in [1.54, 1.807) is 12.1 Å². The summed E-state index contributed by atoms with van der Waals surface area (Å²) in [6, 6.07) is 14.9. The van der Waals surface area contributed by atoms with Crippen molar-refractivity contribution in [1.29, 1.82) is 0 Å². The number of hydrogen-bond donors (Lipinski definition) is 1. The van der Waals surface area contributed by atoms with E-state index in [0.717, 1.165) is 9.26 Å². The molecule has 0 fully saturated rings. The smallest absolute Gasteiger partial charge is 0.259 e. The first-order chi connectivity index (χ1) is 10.7. The number of anilines is 1. The zero-order valence-corrected chi connectivity index (χ0v) is 14.5. The normalized spacial score (nSPS) is 10.3. The SMILES string of the molecule is CCOCCOc1ccccc1C(=O)Nc1cccc(I)c1. The van der Waals surface area contributed by atoms with Gasteiger partial charge >= 0.3 is 0 Å². The Morgan fingerprint density at radius 2 is 1.95 bits per heavy atom. The van der Waals surface area contributed by atoms with Crippen LogP contribution in [0.5, 0.6) is 5.75 Å². The molecule has 2 aromatic carbocycles. The predicted octanol–water partition coefficient (Wildman–Crippen LogP) is 3.96. The van der Waals surface area contributed by atoms with Crippen LogP contribution in [0.25, 0.3) is 0 Å². The Hall–Kier alpha value is -1.60. The van der Waals surface area contributed by atoms with Crippen molar-refractivity contribution >= 4 is 34.2 Å². The average Bonchev–Trinajstić information content (AvgIpc) is 2.52. The summed E-state index contributed by atoms with van der Waals surface area (Å²) >= 11 is 2.21. The summed E-state index contributed by atoms with van der Waals surface area (Å²) in [5, 5.41) is 2.89. The van der Waals surface area contributed by atoms with Crippen LogP contribution >= 0.6 is 22.6 Å². The first-order valence-electron chi connectivity index (χ1n) is 7.07. The molecule has 0 aliphatic carbocycles. The summed E-state index contributed by atoms with van der Waals surface area (Å²) in [5.41, 5.74) is 1.28. The third-order valence-electron chi connectivity index (χ3n) is 2.90. The largest absolute Gasteiger partial charge is 0.490 e. The fraction of sp³-hybridized carbons (Fsp3) is 0.235. The topological polar surface area (TPSA) is 47.6 Å². The monoisotopic (exact) mass is 411 g/mol. The minimum Gasteiger partial charge on any atom is -0.490 e. The maximum atomic E-state index is 12.4. The number of para-hydroxylation sites is 1. The molecule has 0 saturated carbocycles. The fourth-order valence-electron chi connectivity index (χ4n) is 1.90. The van der Waals surface area contributed by atoms with E-state index in [1.807, 2.05) is 43.3 Å². The van der Waals surface area contributed by atoms with E-state index in [4.69, 9.17) is 9.47 Å². The van der Waals surface area contributed by atoms with Crippen LogP contribution in [0.3, 0.4) is 0 Å².